The second-order valence-electron chi connectivity index (χ2n) is 5.70. The molecule has 5 nitrogen and oxygen atoms in total. The first-order chi connectivity index (χ1) is 11.5. The molecule has 3 rings (SSSR count). The first-order valence-electron chi connectivity index (χ1n) is 7.72. The van der Waals surface area contributed by atoms with Gasteiger partial charge in [0.1, 0.15) is 6.54 Å². The molecular weight excluding hydrogens is 326 g/mol. The molecule has 1 fully saturated rings. The van der Waals surface area contributed by atoms with Gasteiger partial charge in [-0.1, -0.05) is 35.9 Å². The Morgan fingerprint density at radius 3 is 2.67 bits per heavy atom. The fourth-order valence-electron chi connectivity index (χ4n) is 2.67. The summed E-state index contributed by atoms with van der Waals surface area (Å²) in [6, 6.07) is 14.6. The lowest BCUT2D eigenvalue weighted by Gasteiger charge is -2.18. The average molecular weight is 344 g/mol. The molecule has 1 aliphatic heterocycles. The van der Waals surface area contributed by atoms with E-state index in [1.165, 1.54) is 0 Å². The number of benzene rings is 2. The van der Waals surface area contributed by atoms with E-state index in [-0.39, 0.29) is 18.5 Å². The van der Waals surface area contributed by atoms with Crippen molar-refractivity contribution in [3.8, 4) is 0 Å². The van der Waals surface area contributed by atoms with Gasteiger partial charge in [-0.15, -0.1) is 0 Å². The quantitative estimate of drug-likeness (QED) is 0.923. The van der Waals surface area contributed by atoms with E-state index in [0.29, 0.717) is 23.8 Å². The SMILES string of the molecule is Cc1ccc(Cl)cc1NC(=O)CN1CCN(c2ccccc2)C1=O. The summed E-state index contributed by atoms with van der Waals surface area (Å²) in [5, 5.41) is 3.38. The maximum atomic E-state index is 12.5. The molecule has 6 heteroatoms. The van der Waals surface area contributed by atoms with Gasteiger partial charge in [-0.25, -0.2) is 4.79 Å². The van der Waals surface area contributed by atoms with Crippen LogP contribution in [0.2, 0.25) is 5.02 Å². The number of para-hydroxylation sites is 1. The van der Waals surface area contributed by atoms with Crippen molar-refractivity contribution in [3.05, 3.63) is 59.1 Å². The molecule has 0 unspecified atom stereocenters. The highest BCUT2D eigenvalue weighted by atomic mass is 35.5. The topological polar surface area (TPSA) is 52.7 Å². The summed E-state index contributed by atoms with van der Waals surface area (Å²) in [6.07, 6.45) is 0. The lowest BCUT2D eigenvalue weighted by molar-refractivity contribution is -0.116. The van der Waals surface area contributed by atoms with Gasteiger partial charge in [-0.05, 0) is 36.8 Å². The zero-order valence-corrected chi connectivity index (χ0v) is 14.1. The number of hydrogen-bond donors (Lipinski definition) is 1. The molecule has 1 saturated heterocycles. The van der Waals surface area contributed by atoms with E-state index in [1.54, 1.807) is 21.9 Å². The second kappa shape index (κ2) is 6.93. The summed E-state index contributed by atoms with van der Waals surface area (Å²) >= 11 is 5.96. The Morgan fingerprint density at radius 1 is 1.17 bits per heavy atom. The van der Waals surface area contributed by atoms with Gasteiger partial charge in [-0.3, -0.25) is 9.69 Å². The monoisotopic (exact) mass is 343 g/mol. The fraction of sp³-hybridized carbons (Fsp3) is 0.222. The highest BCUT2D eigenvalue weighted by molar-refractivity contribution is 6.31. The van der Waals surface area contributed by atoms with E-state index >= 15 is 0 Å². The Hall–Kier alpha value is -2.53. The first-order valence-corrected chi connectivity index (χ1v) is 8.10. The summed E-state index contributed by atoms with van der Waals surface area (Å²) < 4.78 is 0. The minimum absolute atomic E-state index is 0.0219. The molecule has 1 aliphatic rings. The van der Waals surface area contributed by atoms with Gasteiger partial charge in [0.25, 0.3) is 0 Å². The number of hydrogen-bond acceptors (Lipinski definition) is 2. The lowest BCUT2D eigenvalue weighted by Crippen LogP contribution is -2.37. The maximum absolute atomic E-state index is 12.5. The van der Waals surface area contributed by atoms with Gasteiger partial charge < -0.3 is 10.2 Å². The van der Waals surface area contributed by atoms with Crippen LogP contribution in [0, 0.1) is 6.92 Å². The predicted molar refractivity (Wildman–Crippen MR) is 95.6 cm³/mol. The zero-order valence-electron chi connectivity index (χ0n) is 13.3. The molecule has 124 valence electrons. The van der Waals surface area contributed by atoms with Crippen LogP contribution in [0.4, 0.5) is 16.2 Å². The highest BCUT2D eigenvalue weighted by Gasteiger charge is 2.30. The summed E-state index contributed by atoms with van der Waals surface area (Å²) in [7, 11) is 0. The number of carbonyl (C=O) groups is 2. The van der Waals surface area contributed by atoms with Crippen molar-refractivity contribution in [2.24, 2.45) is 0 Å². The van der Waals surface area contributed by atoms with Crippen molar-refractivity contribution in [3.63, 3.8) is 0 Å². The van der Waals surface area contributed by atoms with E-state index in [1.807, 2.05) is 43.3 Å². The van der Waals surface area contributed by atoms with Crippen molar-refractivity contribution in [2.45, 2.75) is 6.92 Å². The molecule has 0 aliphatic carbocycles. The van der Waals surface area contributed by atoms with E-state index in [0.717, 1.165) is 11.3 Å². The second-order valence-corrected chi connectivity index (χ2v) is 6.14. The zero-order chi connectivity index (χ0) is 17.1. The van der Waals surface area contributed by atoms with Gasteiger partial charge in [0.15, 0.2) is 0 Å². The number of amides is 3. The third-order valence-corrected chi connectivity index (χ3v) is 4.21. The normalized spacial score (nSPS) is 14.2. The molecule has 0 radical (unpaired) electrons. The van der Waals surface area contributed by atoms with Crippen molar-refractivity contribution < 1.29 is 9.59 Å². The van der Waals surface area contributed by atoms with E-state index in [2.05, 4.69) is 5.32 Å². The first kappa shape index (κ1) is 16.3. The van der Waals surface area contributed by atoms with E-state index < -0.39 is 0 Å². The summed E-state index contributed by atoms with van der Waals surface area (Å²) in [5.74, 6) is -0.233. The van der Waals surface area contributed by atoms with Crippen LogP contribution in [0.5, 0.6) is 0 Å². The van der Waals surface area contributed by atoms with Gasteiger partial charge in [0, 0.05) is 29.5 Å². The van der Waals surface area contributed by atoms with Crippen LogP contribution in [0.1, 0.15) is 5.56 Å². The number of aryl methyl sites for hydroxylation is 1. The lowest BCUT2D eigenvalue weighted by atomic mass is 10.2. The number of anilines is 2. The molecule has 0 spiro atoms. The largest absolute Gasteiger partial charge is 0.325 e. The van der Waals surface area contributed by atoms with Crippen LogP contribution in [0.25, 0.3) is 0 Å². The third-order valence-electron chi connectivity index (χ3n) is 3.97. The van der Waals surface area contributed by atoms with Crippen LogP contribution in [-0.2, 0) is 4.79 Å². The Labute approximate surface area is 145 Å². The van der Waals surface area contributed by atoms with Crippen molar-refractivity contribution in [1.29, 1.82) is 0 Å². The number of carbonyl (C=O) groups excluding carboxylic acids is 2. The van der Waals surface area contributed by atoms with Crippen LogP contribution in [0.15, 0.2) is 48.5 Å². The van der Waals surface area contributed by atoms with Crippen LogP contribution < -0.4 is 10.2 Å². The van der Waals surface area contributed by atoms with Gasteiger partial charge in [0.2, 0.25) is 5.91 Å². The molecule has 0 atom stereocenters. The molecule has 1 N–H and O–H groups in total. The molecule has 1 heterocycles. The van der Waals surface area contributed by atoms with Gasteiger partial charge in [-0.2, -0.15) is 0 Å². The van der Waals surface area contributed by atoms with Gasteiger partial charge >= 0.3 is 6.03 Å². The Bertz CT molecular complexity index is 764. The molecule has 0 aromatic heterocycles. The minimum Gasteiger partial charge on any atom is -0.324 e. The number of halogens is 1. The Morgan fingerprint density at radius 2 is 1.92 bits per heavy atom. The van der Waals surface area contributed by atoms with Crippen molar-refractivity contribution >= 4 is 34.9 Å². The van der Waals surface area contributed by atoms with E-state index in [9.17, 15) is 9.59 Å². The summed E-state index contributed by atoms with van der Waals surface area (Å²) in [6.45, 7) is 3.01. The standard InChI is InChI=1S/C18H18ClN3O2/c1-13-7-8-14(19)11-16(13)20-17(23)12-21-9-10-22(18(21)24)15-5-3-2-4-6-15/h2-8,11H,9-10,12H2,1H3,(H,20,23). The summed E-state index contributed by atoms with van der Waals surface area (Å²) in [5.41, 5.74) is 2.43. The molecule has 24 heavy (non-hydrogen) atoms. The molecule has 2 aromatic rings. The maximum Gasteiger partial charge on any atom is 0.325 e. The fourth-order valence-corrected chi connectivity index (χ4v) is 2.84. The average Bonchev–Trinajstić information content (AvgIpc) is 2.92. The molecule has 2 aromatic carbocycles. The molecule has 0 bridgehead atoms. The smallest absolute Gasteiger partial charge is 0.324 e. The third kappa shape index (κ3) is 3.51. The molecule has 3 amide bonds. The Balaban J connectivity index is 1.63. The van der Waals surface area contributed by atoms with Crippen molar-refractivity contribution in [1.82, 2.24) is 4.90 Å². The predicted octanol–water partition coefficient (Wildman–Crippen LogP) is 3.53. The molecule has 0 saturated carbocycles. The highest BCUT2D eigenvalue weighted by Crippen LogP contribution is 2.21. The van der Waals surface area contributed by atoms with Gasteiger partial charge in [0.05, 0.1) is 0 Å². The number of nitrogens with zero attached hydrogens (tertiary/aromatic N) is 2. The van der Waals surface area contributed by atoms with Crippen molar-refractivity contribution in [2.75, 3.05) is 29.9 Å². The number of rotatable bonds is 4. The Kier molecular flexibility index (Phi) is 4.71. The number of nitrogens with one attached hydrogen (secondary N) is 1. The molecular formula is C18H18ClN3O2. The minimum atomic E-state index is -0.233. The van der Waals surface area contributed by atoms with Crippen LogP contribution in [0.3, 0.4) is 0 Å². The number of urea groups is 1. The summed E-state index contributed by atoms with van der Waals surface area (Å²) in [4.78, 5) is 27.9. The van der Waals surface area contributed by atoms with E-state index in [4.69, 9.17) is 11.6 Å². The van der Waals surface area contributed by atoms with Crippen LogP contribution in [-0.4, -0.2) is 36.5 Å². The van der Waals surface area contributed by atoms with Crippen LogP contribution >= 0.6 is 11.6 Å².